The lowest BCUT2D eigenvalue weighted by Gasteiger charge is -2.04. The van der Waals surface area contributed by atoms with Crippen molar-refractivity contribution in [2.45, 2.75) is 0 Å². The van der Waals surface area contributed by atoms with Crippen molar-refractivity contribution in [1.82, 2.24) is 0 Å². The van der Waals surface area contributed by atoms with Crippen LogP contribution in [0.15, 0.2) is 34.7 Å². The molecule has 1 aromatic carbocycles. The van der Waals surface area contributed by atoms with E-state index in [1.54, 1.807) is 0 Å². The normalized spacial score (nSPS) is 10.2. The van der Waals surface area contributed by atoms with Crippen LogP contribution in [0.3, 0.4) is 0 Å². The van der Waals surface area contributed by atoms with E-state index in [1.807, 2.05) is 0 Å². The molecule has 98 valence electrons. The quantitative estimate of drug-likeness (QED) is 0.895. The van der Waals surface area contributed by atoms with Crippen molar-refractivity contribution in [1.29, 1.82) is 0 Å². The van der Waals surface area contributed by atoms with Gasteiger partial charge in [0.15, 0.2) is 5.76 Å². The van der Waals surface area contributed by atoms with Crippen molar-refractivity contribution in [3.8, 4) is 0 Å². The number of amides is 1. The highest BCUT2D eigenvalue weighted by molar-refractivity contribution is 6.03. The molecule has 0 saturated heterocycles. The van der Waals surface area contributed by atoms with Gasteiger partial charge in [-0.25, -0.2) is 13.6 Å². The van der Waals surface area contributed by atoms with Crippen LogP contribution in [0.5, 0.6) is 0 Å². The molecule has 0 saturated carbocycles. The molecule has 1 amide bonds. The predicted molar refractivity (Wildman–Crippen MR) is 60.0 cm³/mol. The van der Waals surface area contributed by atoms with Gasteiger partial charge in [-0.2, -0.15) is 0 Å². The second kappa shape index (κ2) is 4.89. The van der Waals surface area contributed by atoms with Crippen molar-refractivity contribution in [2.24, 2.45) is 0 Å². The predicted octanol–water partition coefficient (Wildman–Crippen LogP) is 2.51. The van der Waals surface area contributed by atoms with Gasteiger partial charge in [0.25, 0.3) is 5.91 Å². The van der Waals surface area contributed by atoms with Gasteiger partial charge in [0.1, 0.15) is 11.6 Å². The van der Waals surface area contributed by atoms with Gasteiger partial charge in [0.2, 0.25) is 5.76 Å². The molecule has 2 N–H and O–H groups in total. The third-order valence-corrected chi connectivity index (χ3v) is 2.22. The number of aromatic carboxylic acids is 1. The number of hydrogen-bond donors (Lipinski definition) is 2. The Balaban J connectivity index is 2.18. The summed E-state index contributed by atoms with van der Waals surface area (Å²) in [5, 5.41) is 10.8. The second-order valence-corrected chi connectivity index (χ2v) is 3.55. The lowest BCUT2D eigenvalue weighted by molar-refractivity contribution is 0.0660. The van der Waals surface area contributed by atoms with E-state index in [0.717, 1.165) is 24.3 Å². The topological polar surface area (TPSA) is 79.5 Å². The van der Waals surface area contributed by atoms with Crippen molar-refractivity contribution >= 4 is 17.6 Å². The zero-order valence-corrected chi connectivity index (χ0v) is 9.31. The molecule has 7 heteroatoms. The van der Waals surface area contributed by atoms with Gasteiger partial charge in [-0.05, 0) is 24.3 Å². The molecule has 0 aliphatic rings. The van der Waals surface area contributed by atoms with E-state index >= 15 is 0 Å². The van der Waals surface area contributed by atoms with Crippen LogP contribution in [0.2, 0.25) is 0 Å². The summed E-state index contributed by atoms with van der Waals surface area (Å²) >= 11 is 0. The fourth-order valence-electron chi connectivity index (χ4n) is 1.35. The Morgan fingerprint density at radius 2 is 1.79 bits per heavy atom. The molecule has 0 aliphatic heterocycles. The standard InChI is InChI=1S/C12H7F2NO4/c13-6-1-2-8(7(14)5-6)15-11(16)9-3-4-10(19-9)12(17)18/h1-5H,(H,15,16)(H,17,18). The SMILES string of the molecule is O=C(O)c1ccc(C(=O)Nc2ccc(F)cc2F)o1. The highest BCUT2D eigenvalue weighted by Crippen LogP contribution is 2.17. The van der Waals surface area contributed by atoms with E-state index in [9.17, 15) is 18.4 Å². The Kier molecular flexibility index (Phi) is 3.28. The number of furan rings is 1. The zero-order valence-electron chi connectivity index (χ0n) is 9.31. The van der Waals surface area contributed by atoms with Crippen LogP contribution in [0, 0.1) is 11.6 Å². The number of rotatable bonds is 3. The third-order valence-electron chi connectivity index (χ3n) is 2.22. The van der Waals surface area contributed by atoms with Crippen LogP contribution in [-0.2, 0) is 0 Å². The van der Waals surface area contributed by atoms with E-state index in [1.165, 1.54) is 0 Å². The molecular formula is C12H7F2NO4. The molecule has 0 fully saturated rings. The van der Waals surface area contributed by atoms with Gasteiger partial charge in [-0.1, -0.05) is 0 Å². The Morgan fingerprint density at radius 1 is 1.11 bits per heavy atom. The molecule has 1 heterocycles. The lowest BCUT2D eigenvalue weighted by Crippen LogP contribution is -2.12. The van der Waals surface area contributed by atoms with Crippen LogP contribution in [-0.4, -0.2) is 17.0 Å². The minimum absolute atomic E-state index is 0.236. The van der Waals surface area contributed by atoms with E-state index in [4.69, 9.17) is 9.52 Å². The highest BCUT2D eigenvalue weighted by atomic mass is 19.1. The Labute approximate surface area is 105 Å². The Morgan fingerprint density at radius 3 is 2.37 bits per heavy atom. The molecule has 0 atom stereocenters. The number of nitrogens with one attached hydrogen (secondary N) is 1. The molecule has 0 spiro atoms. The highest BCUT2D eigenvalue weighted by Gasteiger charge is 2.16. The van der Waals surface area contributed by atoms with Crippen LogP contribution in [0.25, 0.3) is 0 Å². The molecule has 0 unspecified atom stereocenters. The number of carboxylic acid groups (broad SMARTS) is 1. The summed E-state index contributed by atoms with van der Waals surface area (Å²) in [6.45, 7) is 0. The number of carbonyl (C=O) groups excluding carboxylic acids is 1. The van der Waals surface area contributed by atoms with Crippen LogP contribution in [0.4, 0.5) is 14.5 Å². The number of halogens is 2. The van der Waals surface area contributed by atoms with Gasteiger partial charge >= 0.3 is 5.97 Å². The van der Waals surface area contributed by atoms with E-state index in [0.29, 0.717) is 6.07 Å². The molecule has 2 aromatic rings. The largest absolute Gasteiger partial charge is 0.475 e. The van der Waals surface area contributed by atoms with Gasteiger partial charge in [0, 0.05) is 6.07 Å². The maximum Gasteiger partial charge on any atom is 0.371 e. The summed E-state index contributed by atoms with van der Waals surface area (Å²) in [7, 11) is 0. The lowest BCUT2D eigenvalue weighted by atomic mass is 10.3. The van der Waals surface area contributed by atoms with Crippen molar-refractivity contribution in [3.63, 3.8) is 0 Å². The first kappa shape index (κ1) is 12.7. The minimum atomic E-state index is -1.33. The van der Waals surface area contributed by atoms with Crippen molar-refractivity contribution in [2.75, 3.05) is 5.32 Å². The van der Waals surface area contributed by atoms with E-state index in [-0.39, 0.29) is 11.4 Å². The summed E-state index contributed by atoms with van der Waals surface area (Å²) < 4.78 is 30.7. The average molecular weight is 267 g/mol. The van der Waals surface area contributed by atoms with Gasteiger partial charge in [-0.3, -0.25) is 4.79 Å². The number of benzene rings is 1. The minimum Gasteiger partial charge on any atom is -0.475 e. The number of anilines is 1. The monoisotopic (exact) mass is 267 g/mol. The van der Waals surface area contributed by atoms with Gasteiger partial charge in [-0.15, -0.1) is 0 Å². The fraction of sp³-hybridized carbons (Fsp3) is 0. The molecule has 5 nitrogen and oxygen atoms in total. The summed E-state index contributed by atoms with van der Waals surface area (Å²) in [5.41, 5.74) is -0.236. The fourth-order valence-corrected chi connectivity index (χ4v) is 1.35. The summed E-state index contributed by atoms with van der Waals surface area (Å²) in [6, 6.07) is 4.87. The first-order valence-corrected chi connectivity index (χ1v) is 5.07. The molecule has 0 aliphatic carbocycles. The molecular weight excluding hydrogens is 260 g/mol. The third kappa shape index (κ3) is 2.76. The van der Waals surface area contributed by atoms with Crippen LogP contribution in [0.1, 0.15) is 21.1 Å². The number of carboxylic acids is 1. The van der Waals surface area contributed by atoms with Crippen LogP contribution < -0.4 is 5.32 Å². The number of carbonyl (C=O) groups is 2. The second-order valence-electron chi connectivity index (χ2n) is 3.55. The first-order valence-electron chi connectivity index (χ1n) is 5.07. The van der Waals surface area contributed by atoms with Crippen molar-refractivity contribution < 1.29 is 27.9 Å². The van der Waals surface area contributed by atoms with Crippen LogP contribution >= 0.6 is 0 Å². The number of hydrogen-bond acceptors (Lipinski definition) is 3. The summed E-state index contributed by atoms with van der Waals surface area (Å²) in [4.78, 5) is 22.2. The van der Waals surface area contributed by atoms with Gasteiger partial charge in [0.05, 0.1) is 5.69 Å². The Hall–Kier alpha value is -2.70. The van der Waals surface area contributed by atoms with E-state index in [2.05, 4.69) is 5.32 Å². The van der Waals surface area contributed by atoms with E-state index < -0.39 is 29.3 Å². The van der Waals surface area contributed by atoms with Crippen molar-refractivity contribution in [3.05, 3.63) is 53.5 Å². The maximum absolute atomic E-state index is 13.3. The summed E-state index contributed by atoms with van der Waals surface area (Å²) in [5.74, 6) is -4.59. The average Bonchev–Trinajstić information content (AvgIpc) is 2.82. The molecule has 19 heavy (non-hydrogen) atoms. The first-order chi connectivity index (χ1) is 8.97. The zero-order chi connectivity index (χ0) is 14.0. The molecule has 1 aromatic heterocycles. The van der Waals surface area contributed by atoms with Gasteiger partial charge < -0.3 is 14.8 Å². The Bertz CT molecular complexity index is 651. The smallest absolute Gasteiger partial charge is 0.371 e. The summed E-state index contributed by atoms with van der Waals surface area (Å²) in [6.07, 6.45) is 0. The molecule has 0 radical (unpaired) electrons. The maximum atomic E-state index is 13.3. The molecule has 0 bridgehead atoms. The molecule has 2 rings (SSSR count).